The van der Waals surface area contributed by atoms with Gasteiger partial charge in [0.1, 0.15) is 24.7 Å². The van der Waals surface area contributed by atoms with Crippen molar-refractivity contribution in [2.75, 3.05) is 33.3 Å². The summed E-state index contributed by atoms with van der Waals surface area (Å²) in [5.74, 6) is 0.279. The number of ether oxygens (including phenoxy) is 2. The molecule has 9 heteroatoms. The number of nitrogens with zero attached hydrogens (tertiary/aromatic N) is 3. The molecule has 4 rings (SSSR count). The summed E-state index contributed by atoms with van der Waals surface area (Å²) in [6.45, 7) is 4.11. The van der Waals surface area contributed by atoms with E-state index in [0.717, 1.165) is 25.9 Å². The Balaban J connectivity index is 1.33. The van der Waals surface area contributed by atoms with E-state index in [0.29, 0.717) is 35.5 Å². The Morgan fingerprint density at radius 3 is 2.73 bits per heavy atom. The number of imidazole rings is 1. The van der Waals surface area contributed by atoms with Gasteiger partial charge in [-0.1, -0.05) is 0 Å². The number of amides is 1. The zero-order valence-corrected chi connectivity index (χ0v) is 17.3. The molecule has 162 valence electrons. The summed E-state index contributed by atoms with van der Waals surface area (Å²) in [4.78, 5) is 34.7. The fraction of sp³-hybridized carbons (Fsp3) is 0.571. The Kier molecular flexibility index (Phi) is 6.01. The maximum absolute atomic E-state index is 14.6. The zero-order chi connectivity index (χ0) is 21.3. The van der Waals surface area contributed by atoms with E-state index < -0.39 is 18.2 Å². The summed E-state index contributed by atoms with van der Waals surface area (Å²) < 4.78 is 25.1. The largest absolute Gasteiger partial charge is 0.465 e. The highest BCUT2D eigenvalue weighted by atomic mass is 19.1. The second-order valence-corrected chi connectivity index (χ2v) is 7.96. The van der Waals surface area contributed by atoms with Gasteiger partial charge >= 0.3 is 5.97 Å². The molecule has 2 saturated heterocycles. The van der Waals surface area contributed by atoms with Crippen LogP contribution in [0.1, 0.15) is 35.9 Å². The highest BCUT2D eigenvalue weighted by Crippen LogP contribution is 2.25. The Morgan fingerprint density at radius 1 is 1.27 bits per heavy atom. The lowest BCUT2D eigenvalue weighted by atomic mass is 10.0. The molecule has 0 aliphatic carbocycles. The van der Waals surface area contributed by atoms with Gasteiger partial charge in [0.15, 0.2) is 0 Å². The number of alkyl halides is 1. The first-order valence-corrected chi connectivity index (χ1v) is 10.3. The first-order valence-electron chi connectivity index (χ1n) is 10.3. The number of hydrogen-bond acceptors (Lipinski definition) is 6. The predicted octanol–water partition coefficient (Wildman–Crippen LogP) is 1.90. The number of aromatic amines is 1. The van der Waals surface area contributed by atoms with Crippen LogP contribution in [0.4, 0.5) is 4.39 Å². The second-order valence-electron chi connectivity index (χ2n) is 7.96. The molecule has 1 amide bonds. The maximum atomic E-state index is 14.6. The van der Waals surface area contributed by atoms with E-state index in [-0.39, 0.29) is 18.6 Å². The van der Waals surface area contributed by atoms with Crippen LogP contribution in [0.15, 0.2) is 18.2 Å². The van der Waals surface area contributed by atoms with Gasteiger partial charge in [-0.3, -0.25) is 9.69 Å². The number of methoxy groups -OCH3 is 1. The van der Waals surface area contributed by atoms with Crippen LogP contribution in [0, 0.1) is 0 Å². The van der Waals surface area contributed by atoms with Gasteiger partial charge in [0.25, 0.3) is 0 Å². The number of aromatic nitrogens is 2. The molecule has 2 fully saturated rings. The van der Waals surface area contributed by atoms with Crippen molar-refractivity contribution in [1.82, 2.24) is 19.8 Å². The monoisotopic (exact) mass is 418 g/mol. The Hall–Kier alpha value is -2.52. The number of hydrogen-bond donors (Lipinski definition) is 1. The maximum Gasteiger partial charge on any atom is 0.337 e. The number of carbonyl (C=O) groups excluding carboxylic acids is 2. The Morgan fingerprint density at radius 2 is 2.03 bits per heavy atom. The number of fused-ring (bicyclic) bond motifs is 1. The van der Waals surface area contributed by atoms with Crippen LogP contribution < -0.4 is 0 Å². The molecular formula is C21H27FN4O4. The number of piperidine rings is 1. The molecule has 1 aromatic heterocycles. The van der Waals surface area contributed by atoms with Gasteiger partial charge in [-0.2, -0.15) is 0 Å². The van der Waals surface area contributed by atoms with E-state index in [2.05, 4.69) is 14.9 Å². The molecule has 8 nitrogen and oxygen atoms in total. The van der Waals surface area contributed by atoms with Crippen molar-refractivity contribution < 1.29 is 23.5 Å². The van der Waals surface area contributed by atoms with Crippen LogP contribution in [-0.4, -0.2) is 83.3 Å². The van der Waals surface area contributed by atoms with Crippen LogP contribution in [0.5, 0.6) is 0 Å². The van der Waals surface area contributed by atoms with Crippen LogP contribution in [0.25, 0.3) is 11.0 Å². The normalized spacial score (nSPS) is 23.2. The molecule has 0 radical (unpaired) electrons. The number of esters is 1. The summed E-state index contributed by atoms with van der Waals surface area (Å²) in [7, 11) is 1.34. The van der Waals surface area contributed by atoms with Crippen LogP contribution in [0.3, 0.4) is 0 Å². The van der Waals surface area contributed by atoms with Crippen LogP contribution in [0.2, 0.25) is 0 Å². The van der Waals surface area contributed by atoms with Gasteiger partial charge in [0, 0.05) is 39.1 Å². The molecule has 2 aliphatic heterocycles. The quantitative estimate of drug-likeness (QED) is 0.747. The third-order valence-electron chi connectivity index (χ3n) is 6.04. The zero-order valence-electron chi connectivity index (χ0n) is 17.3. The van der Waals surface area contributed by atoms with E-state index in [9.17, 15) is 14.0 Å². The number of nitrogens with one attached hydrogen (secondary N) is 1. The van der Waals surface area contributed by atoms with Crippen molar-refractivity contribution in [2.45, 2.75) is 44.7 Å². The summed E-state index contributed by atoms with van der Waals surface area (Å²) >= 11 is 0. The highest BCUT2D eigenvalue weighted by Gasteiger charge is 2.38. The number of benzene rings is 1. The van der Waals surface area contributed by atoms with Gasteiger partial charge in [-0.25, -0.2) is 14.2 Å². The fourth-order valence-electron chi connectivity index (χ4n) is 4.32. The second kappa shape index (κ2) is 8.69. The first-order chi connectivity index (χ1) is 14.4. The summed E-state index contributed by atoms with van der Waals surface area (Å²) in [6, 6.07) is 5.36. The fourth-order valence-corrected chi connectivity index (χ4v) is 4.32. The molecule has 2 unspecified atom stereocenters. The number of H-pyrrole nitrogens is 1. The average Bonchev–Trinajstić information content (AvgIpc) is 3.33. The minimum Gasteiger partial charge on any atom is -0.465 e. The van der Waals surface area contributed by atoms with Gasteiger partial charge in [0.05, 0.1) is 23.7 Å². The number of carbonyl (C=O) groups is 2. The van der Waals surface area contributed by atoms with E-state index in [1.807, 2.05) is 4.90 Å². The molecule has 0 bridgehead atoms. The number of halogens is 1. The number of likely N-dealkylation sites (tertiary alicyclic amines) is 2. The van der Waals surface area contributed by atoms with E-state index in [4.69, 9.17) is 9.47 Å². The molecule has 30 heavy (non-hydrogen) atoms. The van der Waals surface area contributed by atoms with Crippen LogP contribution >= 0.6 is 0 Å². The number of rotatable bonds is 5. The first kappa shape index (κ1) is 20.7. The molecule has 0 spiro atoms. The average molecular weight is 418 g/mol. The third-order valence-corrected chi connectivity index (χ3v) is 6.04. The molecule has 2 aromatic rings. The topological polar surface area (TPSA) is 87.8 Å². The lowest BCUT2D eigenvalue weighted by molar-refractivity contribution is -0.130. The lowest BCUT2D eigenvalue weighted by Gasteiger charge is -2.36. The van der Waals surface area contributed by atoms with Crippen molar-refractivity contribution in [2.24, 2.45) is 0 Å². The summed E-state index contributed by atoms with van der Waals surface area (Å²) in [5, 5.41) is 0. The standard InChI is InChI=1S/C21H27FN4O4/c1-13(27)25-7-5-15(6-8-25)26-10-16(22)19(11-26)30-12-20-23-17-4-3-14(21(28)29-2)9-18(17)24-20/h3-4,9,15-16,19H,5-8,10-12H2,1-2H3,(H,23,24). The Labute approximate surface area is 174 Å². The lowest BCUT2D eigenvalue weighted by Crippen LogP contribution is -2.45. The molecule has 1 N–H and O–H groups in total. The van der Waals surface area contributed by atoms with Gasteiger partial charge in [-0.15, -0.1) is 0 Å². The molecule has 0 saturated carbocycles. The summed E-state index contributed by atoms with van der Waals surface area (Å²) in [6.07, 6.45) is 0.178. The third kappa shape index (κ3) is 4.32. The van der Waals surface area contributed by atoms with Crippen molar-refractivity contribution in [1.29, 1.82) is 0 Å². The molecular weight excluding hydrogens is 391 g/mol. The van der Waals surface area contributed by atoms with Crippen molar-refractivity contribution in [3.05, 3.63) is 29.6 Å². The van der Waals surface area contributed by atoms with Crippen molar-refractivity contribution >= 4 is 22.9 Å². The molecule has 1 aromatic carbocycles. The minimum absolute atomic E-state index is 0.101. The van der Waals surface area contributed by atoms with Crippen molar-refractivity contribution in [3.63, 3.8) is 0 Å². The van der Waals surface area contributed by atoms with Gasteiger partial charge < -0.3 is 19.4 Å². The summed E-state index contributed by atoms with van der Waals surface area (Å²) in [5.41, 5.74) is 1.86. The molecule has 3 heterocycles. The van der Waals surface area contributed by atoms with E-state index >= 15 is 0 Å². The Bertz CT molecular complexity index is 925. The van der Waals surface area contributed by atoms with Crippen molar-refractivity contribution in [3.8, 4) is 0 Å². The predicted molar refractivity (Wildman–Crippen MR) is 108 cm³/mol. The van der Waals surface area contributed by atoms with Gasteiger partial charge in [0.2, 0.25) is 5.91 Å². The highest BCUT2D eigenvalue weighted by molar-refractivity contribution is 5.93. The van der Waals surface area contributed by atoms with E-state index in [1.165, 1.54) is 7.11 Å². The minimum atomic E-state index is -1.05. The SMILES string of the molecule is COC(=O)c1ccc2nc(COC3CN(C4CCN(C(C)=O)CC4)CC3F)[nH]c2c1. The van der Waals surface area contributed by atoms with Crippen LogP contribution in [-0.2, 0) is 20.9 Å². The molecule has 2 atom stereocenters. The van der Waals surface area contributed by atoms with E-state index in [1.54, 1.807) is 25.1 Å². The smallest absolute Gasteiger partial charge is 0.337 e. The van der Waals surface area contributed by atoms with Gasteiger partial charge in [-0.05, 0) is 31.0 Å². The molecule has 2 aliphatic rings.